The molecule has 7 atom stereocenters. The predicted molar refractivity (Wildman–Crippen MR) is 363 cm³/mol. The Labute approximate surface area is 512 Å². The van der Waals surface area contributed by atoms with Crippen LogP contribution in [0.2, 0.25) is 0 Å². The molecule has 0 amide bonds. The third kappa shape index (κ3) is 80.2. The molecule has 0 aromatic heterocycles. The first-order valence-corrected chi connectivity index (χ1v) is 33.4. The topological polar surface area (TPSA) is 96.0 Å². The highest BCUT2D eigenvalue weighted by Crippen LogP contribution is 2.26. The highest BCUT2D eigenvalue weighted by atomic mass is 16.5. The van der Waals surface area contributed by atoms with Crippen molar-refractivity contribution in [3.05, 3.63) is 11.6 Å². The second-order valence-corrected chi connectivity index (χ2v) is 28.0. The Balaban J connectivity index is -0.000000126. The van der Waals surface area contributed by atoms with Crippen LogP contribution >= 0.6 is 0 Å². The van der Waals surface area contributed by atoms with Crippen molar-refractivity contribution in [3.8, 4) is 0 Å². The first-order valence-electron chi connectivity index (χ1n) is 33.4. The fraction of sp³-hybridized carbons (Fsp3) is 0.919. The Morgan fingerprint density at radius 3 is 1.04 bits per heavy atom. The zero-order valence-electron chi connectivity index (χ0n) is 61.8. The largest absolute Gasteiger partial charge is 0.469 e. The van der Waals surface area contributed by atoms with E-state index in [1.54, 1.807) is 14.0 Å². The average molecular weight is 1160 g/mol. The summed E-state index contributed by atoms with van der Waals surface area (Å²) >= 11 is 0. The van der Waals surface area contributed by atoms with E-state index in [1.807, 2.05) is 34.6 Å². The molecule has 0 aromatic rings. The van der Waals surface area contributed by atoms with Crippen LogP contribution < -0.4 is 0 Å². The van der Waals surface area contributed by atoms with E-state index >= 15 is 0 Å². The Kier molecular flexibility index (Phi) is 75.6. The maximum Gasteiger partial charge on any atom is 0.305 e. The number of hydrogen-bond donors (Lipinski definition) is 0. The molecule has 0 saturated carbocycles. The molecular weight excluding hydrogens is 1000 g/mol. The van der Waals surface area contributed by atoms with Gasteiger partial charge in [0.2, 0.25) is 0 Å². The normalized spacial score (nSPS) is 13.5. The third-order valence-electron chi connectivity index (χ3n) is 16.8. The number of allylic oxidation sites excluding steroid dienone is 2. The highest BCUT2D eigenvalue weighted by molar-refractivity contribution is 5.81. The molecule has 0 rings (SSSR count). The quantitative estimate of drug-likeness (QED) is 0.0367. The van der Waals surface area contributed by atoms with Gasteiger partial charge in [-0.1, -0.05) is 238 Å². The van der Waals surface area contributed by atoms with Gasteiger partial charge in [-0.2, -0.15) is 0 Å². The molecule has 0 saturated heterocycles. The van der Waals surface area contributed by atoms with E-state index in [0.29, 0.717) is 48.1 Å². The Hall–Kier alpha value is -1.86. The van der Waals surface area contributed by atoms with Crippen molar-refractivity contribution in [1.29, 1.82) is 0 Å². The SMILES string of the molecule is CC(=O)CCC(C)C(C)C.CC(C)=CCCC(C)C(C)C.CC(C)CCCC(C)C(C)C.CCC(=O)C(C)C.CCC(CCC(C)C(C)C)C(C)C.COC(=O)CCC(C)C(C)C.COCC(=O)C(C)C.COCCCC(C)C(C)C. The lowest BCUT2D eigenvalue weighted by atomic mass is 9.84. The lowest BCUT2D eigenvalue weighted by molar-refractivity contribution is -0.141. The molecule has 492 valence electrons. The van der Waals surface area contributed by atoms with E-state index in [1.165, 1.54) is 84.0 Å². The van der Waals surface area contributed by atoms with Crippen LogP contribution in [0.3, 0.4) is 0 Å². The fourth-order valence-electron chi connectivity index (χ4n) is 7.11. The molecular formula is C74H154O7. The number of ketones is 3. The minimum absolute atomic E-state index is 0.0995. The first-order chi connectivity index (χ1) is 37.2. The second-order valence-electron chi connectivity index (χ2n) is 28.0. The maximum atomic E-state index is 10.7. The number of methoxy groups -OCH3 is 3. The first kappa shape index (κ1) is 95.5. The van der Waals surface area contributed by atoms with Crippen molar-refractivity contribution in [2.75, 3.05) is 34.5 Å². The van der Waals surface area contributed by atoms with Crippen LogP contribution in [0.5, 0.6) is 0 Å². The number of Topliss-reactive ketones (excluding diaryl/α,β-unsaturated/α-hetero) is 3. The summed E-state index contributed by atoms with van der Waals surface area (Å²) in [5, 5.41) is 0. The summed E-state index contributed by atoms with van der Waals surface area (Å²) in [5.74, 6) is 13.3. The van der Waals surface area contributed by atoms with Crippen LogP contribution in [-0.4, -0.2) is 57.9 Å². The van der Waals surface area contributed by atoms with Crippen LogP contribution in [0, 0.1) is 101 Å². The van der Waals surface area contributed by atoms with E-state index in [4.69, 9.17) is 4.74 Å². The van der Waals surface area contributed by atoms with Crippen LogP contribution in [-0.2, 0) is 33.4 Å². The van der Waals surface area contributed by atoms with Gasteiger partial charge >= 0.3 is 5.97 Å². The number of carbonyl (C=O) groups is 4. The van der Waals surface area contributed by atoms with E-state index in [0.717, 1.165) is 91.0 Å². The Bertz CT molecular complexity index is 1370. The number of carbonyl (C=O) groups excluding carboxylic acids is 4. The van der Waals surface area contributed by atoms with Crippen LogP contribution in [0.1, 0.15) is 311 Å². The maximum absolute atomic E-state index is 10.7. The fourth-order valence-corrected chi connectivity index (χ4v) is 7.11. The molecule has 0 bridgehead atoms. The van der Waals surface area contributed by atoms with Gasteiger partial charge in [0.1, 0.15) is 18.2 Å². The summed E-state index contributed by atoms with van der Waals surface area (Å²) < 4.78 is 14.1. The summed E-state index contributed by atoms with van der Waals surface area (Å²) in [5.41, 5.74) is 1.45. The zero-order valence-corrected chi connectivity index (χ0v) is 61.8. The molecule has 7 unspecified atom stereocenters. The van der Waals surface area contributed by atoms with Crippen LogP contribution in [0.25, 0.3) is 0 Å². The summed E-state index contributed by atoms with van der Waals surface area (Å²) in [4.78, 5) is 42.4. The van der Waals surface area contributed by atoms with Crippen molar-refractivity contribution in [2.24, 2.45) is 101 Å². The number of esters is 1. The van der Waals surface area contributed by atoms with Gasteiger partial charge in [0, 0.05) is 51.9 Å². The summed E-state index contributed by atoms with van der Waals surface area (Å²) in [6.45, 7) is 69.2. The van der Waals surface area contributed by atoms with Gasteiger partial charge in [-0.05, 0) is 154 Å². The molecule has 7 heteroatoms. The van der Waals surface area contributed by atoms with E-state index in [9.17, 15) is 19.2 Å². The van der Waals surface area contributed by atoms with Gasteiger partial charge in [0.15, 0.2) is 5.78 Å². The van der Waals surface area contributed by atoms with E-state index < -0.39 is 0 Å². The molecule has 0 heterocycles. The number of rotatable bonds is 33. The minimum atomic E-state index is -0.0995. The zero-order chi connectivity index (χ0) is 65.6. The van der Waals surface area contributed by atoms with Gasteiger partial charge in [0.05, 0.1) is 7.11 Å². The van der Waals surface area contributed by atoms with Crippen LogP contribution in [0.4, 0.5) is 0 Å². The standard InChI is InChI=1S/C13H28.C11H24.C11H22.C9H18O2.C9H20O.C9H18O.C6H12O2.C6H12O/c1-7-13(11(4)5)9-8-12(6)10(2)3;2*1-9(2)7-6-8-11(5)10(3)4;1-7(2)8(3)5-6-9(10)11-4;1-8(2)9(3)6-5-7-10-4;1-7(2)8(3)5-6-9(4)10;1-5(2)6(7)4-8-3;1-4-6(7)5(2)3/h10-13H,7-9H2,1-6H3;9-11H,6-8H2,1-5H3;7,10-11H,6,8H2,1-5H3;7-8H,5-6H2,1-4H3;8-9H,5-7H2,1-4H3;7-8H,5-6H2,1-4H3;5H,4H2,1-3H3;5H,4H2,1-3H3. The van der Waals surface area contributed by atoms with E-state index in [-0.39, 0.29) is 30.2 Å². The Morgan fingerprint density at radius 2 is 0.765 bits per heavy atom. The second kappa shape index (κ2) is 64.1. The molecule has 81 heavy (non-hydrogen) atoms. The molecule has 7 nitrogen and oxygen atoms in total. The third-order valence-corrected chi connectivity index (χ3v) is 16.8. The lowest BCUT2D eigenvalue weighted by Crippen LogP contribution is -2.12. The molecule has 0 spiro atoms. The average Bonchev–Trinajstić information content (AvgIpc) is 3.37. The van der Waals surface area contributed by atoms with Gasteiger partial charge in [-0.25, -0.2) is 0 Å². The Morgan fingerprint density at radius 1 is 0.395 bits per heavy atom. The van der Waals surface area contributed by atoms with E-state index in [2.05, 4.69) is 189 Å². The number of hydrogen-bond acceptors (Lipinski definition) is 7. The summed E-state index contributed by atoms with van der Waals surface area (Å²) in [6, 6.07) is 0. The molecule has 0 radical (unpaired) electrons. The smallest absolute Gasteiger partial charge is 0.305 e. The lowest BCUT2D eigenvalue weighted by Gasteiger charge is -2.22. The van der Waals surface area contributed by atoms with Crippen molar-refractivity contribution in [2.45, 2.75) is 311 Å². The predicted octanol–water partition coefficient (Wildman–Crippen LogP) is 22.9. The molecule has 0 aliphatic carbocycles. The summed E-state index contributed by atoms with van der Waals surface area (Å²) in [7, 11) is 4.72. The van der Waals surface area contributed by atoms with Crippen molar-refractivity contribution in [1.82, 2.24) is 0 Å². The van der Waals surface area contributed by atoms with Crippen molar-refractivity contribution < 1.29 is 33.4 Å². The monoisotopic (exact) mass is 1160 g/mol. The van der Waals surface area contributed by atoms with Gasteiger partial charge in [0.25, 0.3) is 0 Å². The highest BCUT2D eigenvalue weighted by Gasteiger charge is 2.15. The molecule has 0 N–H and O–H groups in total. The van der Waals surface area contributed by atoms with Gasteiger partial charge < -0.3 is 19.0 Å². The molecule has 0 aliphatic rings. The van der Waals surface area contributed by atoms with Gasteiger partial charge in [-0.15, -0.1) is 0 Å². The minimum Gasteiger partial charge on any atom is -0.469 e. The number of ether oxygens (including phenoxy) is 3. The van der Waals surface area contributed by atoms with Crippen molar-refractivity contribution in [3.63, 3.8) is 0 Å². The molecule has 0 aliphatic heterocycles. The summed E-state index contributed by atoms with van der Waals surface area (Å²) in [6.07, 6.45) is 19.8. The van der Waals surface area contributed by atoms with Crippen molar-refractivity contribution >= 4 is 23.3 Å². The molecule has 0 aromatic carbocycles. The van der Waals surface area contributed by atoms with Crippen LogP contribution in [0.15, 0.2) is 11.6 Å². The molecule has 0 fully saturated rings. The van der Waals surface area contributed by atoms with Gasteiger partial charge in [-0.3, -0.25) is 14.4 Å².